The number of rotatable bonds is 10. The van der Waals surface area contributed by atoms with Gasteiger partial charge in [-0.15, -0.1) is 11.3 Å². The zero-order valence-electron chi connectivity index (χ0n) is 30.3. The average Bonchev–Trinajstić information content (AvgIpc) is 3.84. The molecular weight excluding hydrogens is 657 g/mol. The molecule has 3 unspecified atom stereocenters. The summed E-state index contributed by atoms with van der Waals surface area (Å²) >= 11 is 1.37. The molecule has 0 saturated carbocycles. The lowest BCUT2D eigenvalue weighted by Gasteiger charge is -2.31. The molecule has 51 heavy (non-hydrogen) atoms. The number of benzene rings is 1. The van der Waals surface area contributed by atoms with Crippen molar-refractivity contribution in [2.45, 2.75) is 103 Å². The van der Waals surface area contributed by atoms with E-state index in [1.165, 1.54) is 53.9 Å². The molecule has 2 aliphatic carbocycles. The SMILES string of the molecule is CCCC1C=CC(C2CC=C(c3cnc(-c4ccc(CC(=NC(=O)c5ccc(C(C)(C)C)s5)C(=O)N5CCC[C@H]5C(=O)O)cc4)nc3)CC2)CC1. The minimum Gasteiger partial charge on any atom is -0.480 e. The minimum absolute atomic E-state index is 0.0374. The van der Waals surface area contributed by atoms with Crippen molar-refractivity contribution in [2.75, 3.05) is 6.54 Å². The van der Waals surface area contributed by atoms with Crippen molar-refractivity contribution in [1.29, 1.82) is 0 Å². The Bertz CT molecular complexity index is 1820. The molecule has 3 aliphatic rings. The maximum Gasteiger partial charge on any atom is 0.326 e. The van der Waals surface area contributed by atoms with E-state index in [9.17, 15) is 19.5 Å². The van der Waals surface area contributed by atoms with Gasteiger partial charge in [-0.3, -0.25) is 9.59 Å². The van der Waals surface area contributed by atoms with Gasteiger partial charge in [-0.05, 0) is 97.8 Å². The van der Waals surface area contributed by atoms with Gasteiger partial charge in [0.05, 0.1) is 4.88 Å². The van der Waals surface area contributed by atoms with Gasteiger partial charge in [0.25, 0.3) is 11.8 Å². The molecule has 0 radical (unpaired) electrons. The van der Waals surface area contributed by atoms with Gasteiger partial charge in [0.1, 0.15) is 11.8 Å². The molecule has 6 rings (SSSR count). The molecule has 1 fully saturated rings. The first-order valence-electron chi connectivity index (χ1n) is 18.5. The number of amides is 2. The maximum absolute atomic E-state index is 13.7. The molecule has 1 saturated heterocycles. The number of allylic oxidation sites excluding steroid dienone is 4. The van der Waals surface area contributed by atoms with Gasteiger partial charge in [-0.1, -0.05) is 76.6 Å². The lowest BCUT2D eigenvalue weighted by molar-refractivity contribution is -0.146. The average molecular weight is 707 g/mol. The maximum atomic E-state index is 13.7. The van der Waals surface area contributed by atoms with Crippen LogP contribution in [0, 0.1) is 17.8 Å². The number of carbonyl (C=O) groups is 3. The van der Waals surface area contributed by atoms with Crippen molar-refractivity contribution in [2.24, 2.45) is 22.7 Å². The summed E-state index contributed by atoms with van der Waals surface area (Å²) in [4.78, 5) is 55.5. The Morgan fingerprint density at radius 2 is 1.73 bits per heavy atom. The fraction of sp³-hybridized carbons (Fsp3) is 0.476. The molecular formula is C42H50N4O4S. The standard InChI is InChI=1S/C42H50N4O4S/c1-5-7-27-9-13-29(14-10-27)30-17-19-31(20-18-30)33-25-43-38(44-26-33)32-15-11-28(12-16-32)24-34(40(48)46-23-6-8-35(46)41(49)50)45-39(47)36-21-22-37(51-36)42(2,3)4/h9,11-13,15-16,19,21-22,25-27,29-30,35H,5-8,10,14,17-18,20,23-24H2,1-4H3,(H,49,50)/t27?,29?,30?,35-/m0/s1. The lowest BCUT2D eigenvalue weighted by atomic mass is 9.74. The third kappa shape index (κ3) is 8.80. The van der Waals surface area contributed by atoms with Crippen LogP contribution >= 0.6 is 11.3 Å². The van der Waals surface area contributed by atoms with E-state index >= 15 is 0 Å². The van der Waals surface area contributed by atoms with Gasteiger partial charge >= 0.3 is 5.97 Å². The Labute approximate surface area is 305 Å². The van der Waals surface area contributed by atoms with Gasteiger partial charge in [0, 0.05) is 41.4 Å². The fourth-order valence-electron chi connectivity index (χ4n) is 7.65. The number of likely N-dealkylation sites (tertiary alicyclic amines) is 1. The zero-order chi connectivity index (χ0) is 36.1. The van der Waals surface area contributed by atoms with Crippen molar-refractivity contribution < 1.29 is 19.5 Å². The van der Waals surface area contributed by atoms with Crippen LogP contribution < -0.4 is 0 Å². The van der Waals surface area contributed by atoms with E-state index in [0.29, 0.717) is 36.0 Å². The Kier molecular flexibility index (Phi) is 11.4. The Hall–Kier alpha value is -4.24. The van der Waals surface area contributed by atoms with Gasteiger partial charge in [-0.2, -0.15) is 0 Å². The zero-order valence-corrected chi connectivity index (χ0v) is 31.1. The molecule has 8 nitrogen and oxygen atoms in total. The molecule has 2 aromatic heterocycles. The first-order chi connectivity index (χ1) is 24.5. The van der Waals surface area contributed by atoms with Gasteiger partial charge in [0.15, 0.2) is 5.82 Å². The summed E-state index contributed by atoms with van der Waals surface area (Å²) in [7, 11) is 0. The molecule has 3 heterocycles. The number of hydrogen-bond donors (Lipinski definition) is 1. The highest BCUT2D eigenvalue weighted by Gasteiger charge is 2.36. The summed E-state index contributed by atoms with van der Waals surface area (Å²) in [6, 6.07) is 10.3. The number of hydrogen-bond acceptors (Lipinski definition) is 6. The molecule has 1 N–H and O–H groups in total. The second-order valence-corrected chi connectivity index (χ2v) is 16.5. The summed E-state index contributed by atoms with van der Waals surface area (Å²) in [6.07, 6.45) is 20.8. The van der Waals surface area contributed by atoms with Crippen LogP contribution in [0.5, 0.6) is 0 Å². The molecule has 268 valence electrons. The molecule has 4 atom stereocenters. The van der Waals surface area contributed by atoms with Crippen molar-refractivity contribution in [3.05, 3.63) is 87.9 Å². The number of aromatic nitrogens is 2. The molecule has 9 heteroatoms. The van der Waals surface area contributed by atoms with Crippen LogP contribution in [0.3, 0.4) is 0 Å². The van der Waals surface area contributed by atoms with Crippen LogP contribution in [0.15, 0.2) is 72.0 Å². The summed E-state index contributed by atoms with van der Waals surface area (Å²) in [5, 5.41) is 9.74. The molecule has 0 spiro atoms. The number of carbonyl (C=O) groups excluding carboxylic acids is 2. The first kappa shape index (κ1) is 36.5. The quantitative estimate of drug-likeness (QED) is 0.166. The fourth-order valence-corrected chi connectivity index (χ4v) is 8.59. The number of aliphatic imine (C=N–C) groups is 1. The normalized spacial score (nSPS) is 22.5. The lowest BCUT2D eigenvalue weighted by Crippen LogP contribution is -2.44. The summed E-state index contributed by atoms with van der Waals surface area (Å²) < 4.78 is 0. The number of nitrogens with zero attached hydrogens (tertiary/aromatic N) is 4. The second kappa shape index (κ2) is 16.0. The highest BCUT2D eigenvalue weighted by atomic mass is 32.1. The minimum atomic E-state index is -1.05. The molecule has 1 aliphatic heterocycles. The molecule has 1 aromatic carbocycles. The smallest absolute Gasteiger partial charge is 0.326 e. The molecule has 0 bridgehead atoms. The van der Waals surface area contributed by atoms with E-state index in [-0.39, 0.29) is 17.5 Å². The van der Waals surface area contributed by atoms with Crippen LogP contribution in [-0.2, 0) is 21.4 Å². The predicted octanol–water partition coefficient (Wildman–Crippen LogP) is 8.97. The van der Waals surface area contributed by atoms with Crippen LogP contribution in [0.1, 0.15) is 111 Å². The highest BCUT2D eigenvalue weighted by Crippen LogP contribution is 2.39. The Balaban J connectivity index is 1.14. The van der Waals surface area contributed by atoms with Gasteiger partial charge in [0.2, 0.25) is 0 Å². The van der Waals surface area contributed by atoms with Crippen molar-refractivity contribution in [1.82, 2.24) is 14.9 Å². The van der Waals surface area contributed by atoms with Gasteiger partial charge in [-0.25, -0.2) is 19.8 Å². The highest BCUT2D eigenvalue weighted by molar-refractivity contribution is 7.14. The van der Waals surface area contributed by atoms with Crippen LogP contribution in [-0.4, -0.2) is 56.1 Å². The summed E-state index contributed by atoms with van der Waals surface area (Å²) in [6.45, 7) is 8.82. The third-order valence-corrected chi connectivity index (χ3v) is 12.2. The van der Waals surface area contributed by atoms with Crippen molar-refractivity contribution in [3.63, 3.8) is 0 Å². The number of carboxylic acid groups (broad SMARTS) is 1. The van der Waals surface area contributed by atoms with Crippen LogP contribution in [0.25, 0.3) is 17.0 Å². The Morgan fingerprint density at radius 1 is 0.961 bits per heavy atom. The van der Waals surface area contributed by atoms with E-state index in [1.807, 2.05) is 42.7 Å². The van der Waals surface area contributed by atoms with Crippen LogP contribution in [0.4, 0.5) is 0 Å². The number of thiophene rings is 1. The van der Waals surface area contributed by atoms with Crippen molar-refractivity contribution in [3.8, 4) is 11.4 Å². The van der Waals surface area contributed by atoms with Gasteiger partial charge < -0.3 is 10.0 Å². The molecule has 3 aromatic rings. The topological polar surface area (TPSA) is 113 Å². The van der Waals surface area contributed by atoms with E-state index in [0.717, 1.165) is 46.2 Å². The first-order valence-corrected chi connectivity index (χ1v) is 19.4. The molecule has 2 amide bonds. The van der Waals surface area contributed by atoms with E-state index < -0.39 is 23.8 Å². The van der Waals surface area contributed by atoms with E-state index in [2.05, 4.69) is 50.9 Å². The van der Waals surface area contributed by atoms with Crippen molar-refractivity contribution >= 4 is 40.4 Å². The Morgan fingerprint density at radius 3 is 2.33 bits per heavy atom. The number of aliphatic carboxylic acids is 1. The largest absolute Gasteiger partial charge is 0.480 e. The monoisotopic (exact) mass is 706 g/mol. The predicted molar refractivity (Wildman–Crippen MR) is 204 cm³/mol. The van der Waals surface area contributed by atoms with E-state index in [4.69, 9.17) is 9.97 Å². The summed E-state index contributed by atoms with van der Waals surface area (Å²) in [5.41, 5.74) is 3.93. The van der Waals surface area contributed by atoms with E-state index in [1.54, 1.807) is 6.07 Å². The van der Waals surface area contributed by atoms with Crippen LogP contribution in [0.2, 0.25) is 0 Å². The number of carboxylic acids is 1. The second-order valence-electron chi connectivity index (χ2n) is 15.4. The summed E-state index contributed by atoms with van der Waals surface area (Å²) in [5.74, 6) is 0.747. The third-order valence-electron chi connectivity index (χ3n) is 10.7.